The van der Waals surface area contributed by atoms with Gasteiger partial charge in [0.15, 0.2) is 12.6 Å². The lowest BCUT2D eigenvalue weighted by molar-refractivity contribution is -0.359. The number of rotatable bonds is 46. The van der Waals surface area contributed by atoms with Crippen LogP contribution in [0.5, 0.6) is 0 Å². The Morgan fingerprint density at radius 3 is 1.38 bits per heavy atom. The molecular weight excluding hydrogens is 931 g/mol. The molecule has 2 aliphatic rings. The Bertz CT molecular complexity index is 1410. The highest BCUT2D eigenvalue weighted by atomic mass is 16.7. The van der Waals surface area contributed by atoms with Gasteiger partial charge in [0.1, 0.15) is 48.8 Å². The minimum atomic E-state index is -1.79. The zero-order valence-corrected chi connectivity index (χ0v) is 45.6. The first-order chi connectivity index (χ1) is 35.6. The van der Waals surface area contributed by atoms with Crippen molar-refractivity contribution in [3.05, 3.63) is 48.6 Å². The van der Waals surface area contributed by atoms with E-state index in [1.165, 1.54) is 128 Å². The molecule has 14 nitrogen and oxygen atoms in total. The first-order valence-corrected chi connectivity index (χ1v) is 29.4. The topological polar surface area (TPSA) is 228 Å². The smallest absolute Gasteiger partial charge is 0.220 e. The lowest BCUT2D eigenvalue weighted by Crippen LogP contribution is -2.65. The molecule has 2 aliphatic heterocycles. The van der Waals surface area contributed by atoms with E-state index < -0.39 is 86.8 Å². The van der Waals surface area contributed by atoms with Crippen molar-refractivity contribution in [2.75, 3.05) is 19.8 Å². The molecule has 0 bridgehead atoms. The minimum Gasteiger partial charge on any atom is -0.394 e. The maximum atomic E-state index is 13.2. The zero-order chi connectivity index (χ0) is 53.2. The second kappa shape index (κ2) is 45.0. The molecule has 0 aromatic rings. The summed E-state index contributed by atoms with van der Waals surface area (Å²) >= 11 is 0. The van der Waals surface area contributed by atoms with E-state index >= 15 is 0 Å². The minimum absolute atomic E-state index is 0.258. The summed E-state index contributed by atoms with van der Waals surface area (Å²) in [5.41, 5.74) is 0. The van der Waals surface area contributed by atoms with Gasteiger partial charge < -0.3 is 65.1 Å². The Morgan fingerprint density at radius 1 is 0.479 bits per heavy atom. The van der Waals surface area contributed by atoms with Crippen LogP contribution >= 0.6 is 0 Å². The van der Waals surface area contributed by atoms with Crippen LogP contribution in [0.25, 0.3) is 0 Å². The van der Waals surface area contributed by atoms with Crippen LogP contribution in [-0.2, 0) is 23.7 Å². The van der Waals surface area contributed by atoms with Crippen molar-refractivity contribution < 1.29 is 64.6 Å². The largest absolute Gasteiger partial charge is 0.394 e. The number of aliphatic hydroxyl groups is 8. The van der Waals surface area contributed by atoms with Crippen molar-refractivity contribution >= 4 is 5.91 Å². The average molecular weight is 1040 g/mol. The van der Waals surface area contributed by atoms with Gasteiger partial charge in [-0.05, 0) is 64.2 Å². The number of ether oxygens (including phenoxy) is 4. The summed E-state index contributed by atoms with van der Waals surface area (Å²) < 4.78 is 22.7. The van der Waals surface area contributed by atoms with Crippen LogP contribution in [0.2, 0.25) is 0 Å². The van der Waals surface area contributed by atoms with E-state index in [1.54, 1.807) is 6.08 Å². The summed E-state index contributed by atoms with van der Waals surface area (Å²) in [6, 6.07) is -0.942. The molecule has 2 heterocycles. The number of unbranched alkanes of at least 4 members (excludes halogenated alkanes) is 27. The van der Waals surface area contributed by atoms with Gasteiger partial charge in [0, 0.05) is 6.42 Å². The van der Waals surface area contributed by atoms with Crippen LogP contribution in [0.1, 0.15) is 226 Å². The number of carbonyl (C=O) groups excluding carboxylic acids is 1. The Kier molecular flexibility index (Phi) is 41.4. The highest BCUT2D eigenvalue weighted by Gasteiger charge is 2.51. The van der Waals surface area contributed by atoms with E-state index in [9.17, 15) is 45.6 Å². The molecule has 0 spiro atoms. The lowest BCUT2D eigenvalue weighted by atomic mass is 9.97. The molecule has 12 unspecified atom stereocenters. The van der Waals surface area contributed by atoms with Gasteiger partial charge in [-0.3, -0.25) is 4.79 Å². The number of hydrogen-bond acceptors (Lipinski definition) is 13. The lowest BCUT2D eigenvalue weighted by Gasteiger charge is -2.46. The molecular formula is C59H107NO13. The summed E-state index contributed by atoms with van der Waals surface area (Å²) in [5, 5.41) is 86.8. The van der Waals surface area contributed by atoms with E-state index in [0.29, 0.717) is 12.8 Å². The second-order valence-electron chi connectivity index (χ2n) is 20.7. The molecule has 12 atom stereocenters. The number of aliphatic hydroxyl groups excluding tert-OH is 8. The van der Waals surface area contributed by atoms with Crippen LogP contribution in [0.4, 0.5) is 0 Å². The van der Waals surface area contributed by atoms with E-state index in [1.807, 2.05) is 6.08 Å². The van der Waals surface area contributed by atoms with E-state index in [0.717, 1.165) is 64.2 Å². The molecule has 0 aromatic heterocycles. The molecule has 14 heteroatoms. The maximum Gasteiger partial charge on any atom is 0.220 e. The third kappa shape index (κ3) is 31.1. The summed E-state index contributed by atoms with van der Waals surface area (Å²) in [6.45, 7) is 2.72. The zero-order valence-electron chi connectivity index (χ0n) is 45.6. The van der Waals surface area contributed by atoms with Gasteiger partial charge in [0.2, 0.25) is 5.91 Å². The van der Waals surface area contributed by atoms with Crippen molar-refractivity contribution in [3.63, 3.8) is 0 Å². The molecule has 0 radical (unpaired) electrons. The number of hydrogen-bond donors (Lipinski definition) is 9. The van der Waals surface area contributed by atoms with Crippen LogP contribution in [0.3, 0.4) is 0 Å². The number of allylic oxidation sites excluding steroid dienone is 7. The Hall–Kier alpha value is -2.05. The van der Waals surface area contributed by atoms with Crippen molar-refractivity contribution in [3.8, 4) is 0 Å². The van der Waals surface area contributed by atoms with E-state index in [-0.39, 0.29) is 18.9 Å². The predicted octanol–water partition coefficient (Wildman–Crippen LogP) is 9.61. The number of carbonyl (C=O) groups is 1. The molecule has 73 heavy (non-hydrogen) atoms. The molecule has 426 valence electrons. The van der Waals surface area contributed by atoms with Crippen LogP contribution in [0.15, 0.2) is 48.6 Å². The fourth-order valence-electron chi connectivity index (χ4n) is 9.42. The maximum absolute atomic E-state index is 13.2. The standard InChI is InChI=1S/C59H107NO13/c1-3-5-7-9-11-13-15-16-17-18-19-20-21-22-23-24-25-26-27-28-29-30-31-33-34-36-38-40-42-48(63)47(60-51(64)43-41-39-37-35-32-14-12-10-8-6-4-2)46-70-58-56(69)54(67)57(50(45-62)72-58)73-59-55(68)53(66)52(65)49(44-61)71-59/h10,12,28-29,33-34,40,42,47-50,52-59,61-63,65-69H,3-9,11,13-27,30-32,35-39,41,43-46H2,1-2H3,(H,60,64)/b12-10-,29-28+,34-33+,42-40+. The summed E-state index contributed by atoms with van der Waals surface area (Å²) in [6.07, 6.45) is 39.0. The van der Waals surface area contributed by atoms with Gasteiger partial charge in [-0.1, -0.05) is 204 Å². The van der Waals surface area contributed by atoms with Crippen molar-refractivity contribution in [1.29, 1.82) is 0 Å². The molecule has 9 N–H and O–H groups in total. The van der Waals surface area contributed by atoms with Gasteiger partial charge in [-0.15, -0.1) is 0 Å². The quantitative estimate of drug-likeness (QED) is 0.0205. The number of nitrogens with one attached hydrogen (secondary N) is 1. The summed E-state index contributed by atoms with van der Waals surface area (Å²) in [4.78, 5) is 13.2. The highest BCUT2D eigenvalue weighted by molar-refractivity contribution is 5.76. The van der Waals surface area contributed by atoms with Crippen LogP contribution < -0.4 is 5.32 Å². The number of amides is 1. The fraction of sp³-hybridized carbons (Fsp3) is 0.847. The molecule has 2 rings (SSSR count). The molecule has 0 aromatic carbocycles. The first-order valence-electron chi connectivity index (χ1n) is 29.4. The summed E-state index contributed by atoms with van der Waals surface area (Å²) in [7, 11) is 0. The predicted molar refractivity (Wildman–Crippen MR) is 291 cm³/mol. The Balaban J connectivity index is 1.74. The van der Waals surface area contributed by atoms with Crippen molar-refractivity contribution in [1.82, 2.24) is 5.32 Å². The molecule has 1 amide bonds. The third-order valence-electron chi connectivity index (χ3n) is 14.2. The fourth-order valence-corrected chi connectivity index (χ4v) is 9.42. The van der Waals surface area contributed by atoms with Gasteiger partial charge >= 0.3 is 0 Å². The molecule has 2 fully saturated rings. The monoisotopic (exact) mass is 1040 g/mol. The van der Waals surface area contributed by atoms with E-state index in [4.69, 9.17) is 18.9 Å². The van der Waals surface area contributed by atoms with Gasteiger partial charge in [-0.2, -0.15) is 0 Å². The average Bonchev–Trinajstić information content (AvgIpc) is 3.39. The van der Waals surface area contributed by atoms with Crippen LogP contribution in [0, 0.1) is 0 Å². The van der Waals surface area contributed by atoms with Crippen LogP contribution in [-0.4, -0.2) is 140 Å². The molecule has 0 aliphatic carbocycles. The first kappa shape index (κ1) is 67.1. The SMILES string of the molecule is CCCC/C=C\CCCCCCCC(=O)NC(COC1OC(CO)C(OC2OC(CO)C(O)C(O)C2O)C(O)C1O)C(O)/C=C/CC/C=C/CC/C=C/CCCCCCCCCCCCCCCCCCCC. The Morgan fingerprint density at radius 2 is 0.890 bits per heavy atom. The van der Waals surface area contributed by atoms with Crippen molar-refractivity contribution in [2.24, 2.45) is 0 Å². The Labute approximate surface area is 442 Å². The molecule has 2 saturated heterocycles. The van der Waals surface area contributed by atoms with E-state index in [2.05, 4.69) is 55.6 Å². The third-order valence-corrected chi connectivity index (χ3v) is 14.2. The van der Waals surface area contributed by atoms with Gasteiger partial charge in [0.05, 0.1) is 32.0 Å². The van der Waals surface area contributed by atoms with Crippen molar-refractivity contribution in [2.45, 2.75) is 299 Å². The second-order valence-corrected chi connectivity index (χ2v) is 20.7. The van der Waals surface area contributed by atoms with Gasteiger partial charge in [0.25, 0.3) is 0 Å². The van der Waals surface area contributed by atoms with Gasteiger partial charge in [-0.25, -0.2) is 0 Å². The molecule has 0 saturated carbocycles. The highest BCUT2D eigenvalue weighted by Crippen LogP contribution is 2.30. The summed E-state index contributed by atoms with van der Waals surface area (Å²) in [5.74, 6) is -0.265. The normalized spacial score (nSPS) is 25.7.